The van der Waals surface area contributed by atoms with Crippen LogP contribution in [0.3, 0.4) is 0 Å². The van der Waals surface area contributed by atoms with Gasteiger partial charge in [0.1, 0.15) is 0 Å². The van der Waals surface area contributed by atoms with Crippen LogP contribution < -0.4 is 5.32 Å². The van der Waals surface area contributed by atoms with Crippen LogP contribution in [0.5, 0.6) is 0 Å². The van der Waals surface area contributed by atoms with E-state index in [1.165, 1.54) is 12.8 Å². The number of rotatable bonds is 5. The van der Waals surface area contributed by atoms with Crippen LogP contribution >= 0.6 is 0 Å². The van der Waals surface area contributed by atoms with Gasteiger partial charge in [0, 0.05) is 6.54 Å². The van der Waals surface area contributed by atoms with Gasteiger partial charge in [-0.2, -0.15) is 5.10 Å². The van der Waals surface area contributed by atoms with Gasteiger partial charge in [-0.05, 0) is 31.6 Å². The van der Waals surface area contributed by atoms with Crippen molar-refractivity contribution in [3.63, 3.8) is 0 Å². The molecule has 0 aliphatic heterocycles. The van der Waals surface area contributed by atoms with Crippen LogP contribution in [0.15, 0.2) is 0 Å². The largest absolute Gasteiger partial charge is 0.353 e. The molecule has 0 atom stereocenters. The third-order valence-electron chi connectivity index (χ3n) is 2.75. The molecule has 0 saturated heterocycles. The van der Waals surface area contributed by atoms with Gasteiger partial charge in [0.2, 0.25) is 5.95 Å². The number of anilines is 1. The van der Waals surface area contributed by atoms with E-state index in [0.29, 0.717) is 5.95 Å². The molecule has 1 aliphatic carbocycles. The number of hydrogen-bond acceptors (Lipinski definition) is 4. The molecule has 0 amide bonds. The Morgan fingerprint density at radius 2 is 1.87 bits per heavy atom. The van der Waals surface area contributed by atoms with E-state index in [1.807, 2.05) is 0 Å². The normalized spacial score (nSPS) is 15.3. The summed E-state index contributed by atoms with van der Waals surface area (Å²) in [5.74, 6) is 1.53. The minimum atomic E-state index is 0.691. The summed E-state index contributed by atoms with van der Waals surface area (Å²) in [5.41, 5.74) is 2.10. The molecule has 0 bridgehead atoms. The Kier molecular flexibility index (Phi) is 3.14. The summed E-state index contributed by atoms with van der Waals surface area (Å²) < 4.78 is 0. The van der Waals surface area contributed by atoms with Gasteiger partial charge in [0.05, 0.1) is 11.4 Å². The van der Waals surface area contributed by atoms with E-state index in [2.05, 4.69) is 34.3 Å². The molecule has 1 saturated carbocycles. The summed E-state index contributed by atoms with van der Waals surface area (Å²) in [7, 11) is 0. The molecule has 1 N–H and O–H groups in total. The third-order valence-corrected chi connectivity index (χ3v) is 2.75. The lowest BCUT2D eigenvalue weighted by Gasteiger charge is -2.06. The molecule has 4 heteroatoms. The highest BCUT2D eigenvalue weighted by molar-refractivity contribution is 5.26. The zero-order valence-corrected chi connectivity index (χ0v) is 9.45. The number of aromatic nitrogens is 3. The number of nitrogens with zero attached hydrogens (tertiary/aromatic N) is 3. The number of hydrogen-bond donors (Lipinski definition) is 1. The first-order valence-electron chi connectivity index (χ1n) is 5.79. The second kappa shape index (κ2) is 4.55. The minimum Gasteiger partial charge on any atom is -0.353 e. The van der Waals surface area contributed by atoms with E-state index in [4.69, 9.17) is 0 Å². The molecule has 1 aromatic rings. The predicted octanol–water partition coefficient (Wildman–Crippen LogP) is 1.82. The Bertz CT molecular complexity index is 333. The van der Waals surface area contributed by atoms with E-state index in [9.17, 15) is 0 Å². The van der Waals surface area contributed by atoms with Crippen molar-refractivity contribution in [1.82, 2.24) is 15.2 Å². The maximum Gasteiger partial charge on any atom is 0.242 e. The summed E-state index contributed by atoms with van der Waals surface area (Å²) >= 11 is 0. The second-order valence-corrected chi connectivity index (χ2v) is 4.06. The molecule has 1 aromatic heterocycles. The molecule has 1 fully saturated rings. The van der Waals surface area contributed by atoms with Crippen LogP contribution in [0.2, 0.25) is 0 Å². The smallest absolute Gasteiger partial charge is 0.242 e. The second-order valence-electron chi connectivity index (χ2n) is 4.06. The topological polar surface area (TPSA) is 50.7 Å². The molecular weight excluding hydrogens is 188 g/mol. The Balaban J connectivity index is 2.03. The molecule has 0 aromatic carbocycles. The standard InChI is InChI=1S/C11H18N4/c1-3-9-10(4-2)14-15-11(13-9)12-7-8-5-6-8/h8H,3-7H2,1-2H3,(H,12,13,15). The zero-order chi connectivity index (χ0) is 10.7. The highest BCUT2D eigenvalue weighted by Gasteiger charge is 2.21. The highest BCUT2D eigenvalue weighted by atomic mass is 15.2. The summed E-state index contributed by atoms with van der Waals surface area (Å²) in [6, 6.07) is 0. The Morgan fingerprint density at radius 3 is 2.47 bits per heavy atom. The fourth-order valence-electron chi connectivity index (χ4n) is 1.57. The first kappa shape index (κ1) is 10.3. The number of aryl methyl sites for hydroxylation is 2. The molecule has 1 aliphatic rings. The maximum absolute atomic E-state index is 4.48. The van der Waals surface area contributed by atoms with Gasteiger partial charge in [-0.15, -0.1) is 5.10 Å². The summed E-state index contributed by atoms with van der Waals surface area (Å²) in [6.07, 6.45) is 4.52. The van der Waals surface area contributed by atoms with E-state index in [-0.39, 0.29) is 0 Å². The van der Waals surface area contributed by atoms with Crippen molar-refractivity contribution in [3.05, 3.63) is 11.4 Å². The van der Waals surface area contributed by atoms with Crippen LogP contribution in [-0.2, 0) is 12.8 Å². The van der Waals surface area contributed by atoms with E-state index in [0.717, 1.165) is 36.7 Å². The van der Waals surface area contributed by atoms with Crippen LogP contribution in [0.1, 0.15) is 38.1 Å². The molecule has 1 heterocycles. The van der Waals surface area contributed by atoms with Crippen LogP contribution in [0.4, 0.5) is 5.95 Å². The van der Waals surface area contributed by atoms with Gasteiger partial charge >= 0.3 is 0 Å². The Labute approximate surface area is 90.5 Å². The lowest BCUT2D eigenvalue weighted by Crippen LogP contribution is -2.11. The predicted molar refractivity (Wildman–Crippen MR) is 59.8 cm³/mol. The average Bonchev–Trinajstić information content (AvgIpc) is 3.09. The Morgan fingerprint density at radius 1 is 1.13 bits per heavy atom. The average molecular weight is 206 g/mol. The fraction of sp³-hybridized carbons (Fsp3) is 0.727. The van der Waals surface area contributed by atoms with Crippen molar-refractivity contribution >= 4 is 5.95 Å². The molecule has 4 nitrogen and oxygen atoms in total. The van der Waals surface area contributed by atoms with Crippen molar-refractivity contribution in [2.45, 2.75) is 39.5 Å². The fourth-order valence-corrected chi connectivity index (χ4v) is 1.57. The zero-order valence-electron chi connectivity index (χ0n) is 9.45. The summed E-state index contributed by atoms with van der Waals surface area (Å²) in [6.45, 7) is 5.19. The van der Waals surface area contributed by atoms with Crippen molar-refractivity contribution in [2.75, 3.05) is 11.9 Å². The highest BCUT2D eigenvalue weighted by Crippen LogP contribution is 2.28. The van der Waals surface area contributed by atoms with Crippen LogP contribution in [0, 0.1) is 5.92 Å². The first-order valence-corrected chi connectivity index (χ1v) is 5.79. The monoisotopic (exact) mass is 206 g/mol. The van der Waals surface area contributed by atoms with Crippen molar-refractivity contribution in [2.24, 2.45) is 5.92 Å². The van der Waals surface area contributed by atoms with Gasteiger partial charge in [-0.1, -0.05) is 13.8 Å². The third kappa shape index (κ3) is 2.64. The molecule has 15 heavy (non-hydrogen) atoms. The maximum atomic E-state index is 4.48. The molecule has 2 rings (SSSR count). The van der Waals surface area contributed by atoms with E-state index < -0.39 is 0 Å². The van der Waals surface area contributed by atoms with Gasteiger partial charge < -0.3 is 5.32 Å². The van der Waals surface area contributed by atoms with Gasteiger partial charge in [0.25, 0.3) is 0 Å². The van der Waals surface area contributed by atoms with E-state index >= 15 is 0 Å². The Hall–Kier alpha value is -1.19. The lowest BCUT2D eigenvalue weighted by molar-refractivity contribution is 0.802. The molecule has 82 valence electrons. The van der Waals surface area contributed by atoms with Crippen LogP contribution in [0.25, 0.3) is 0 Å². The SMILES string of the molecule is CCc1nnc(NCC2CC2)nc1CC. The summed E-state index contributed by atoms with van der Waals surface area (Å²) in [5, 5.41) is 11.5. The number of nitrogens with one attached hydrogen (secondary N) is 1. The molecule has 0 spiro atoms. The van der Waals surface area contributed by atoms with Crippen LogP contribution in [-0.4, -0.2) is 21.7 Å². The van der Waals surface area contributed by atoms with Crippen molar-refractivity contribution < 1.29 is 0 Å². The van der Waals surface area contributed by atoms with Crippen molar-refractivity contribution in [3.8, 4) is 0 Å². The first-order chi connectivity index (χ1) is 7.33. The van der Waals surface area contributed by atoms with Gasteiger partial charge in [-0.25, -0.2) is 4.98 Å². The quantitative estimate of drug-likeness (QED) is 0.798. The molecule has 0 unspecified atom stereocenters. The summed E-state index contributed by atoms with van der Waals surface area (Å²) in [4.78, 5) is 4.48. The minimum absolute atomic E-state index is 0.691. The van der Waals surface area contributed by atoms with Gasteiger partial charge in [0.15, 0.2) is 0 Å². The molecular formula is C11H18N4. The van der Waals surface area contributed by atoms with Crippen molar-refractivity contribution in [1.29, 1.82) is 0 Å². The lowest BCUT2D eigenvalue weighted by atomic mass is 10.2. The van der Waals surface area contributed by atoms with Gasteiger partial charge in [-0.3, -0.25) is 0 Å². The van der Waals surface area contributed by atoms with E-state index in [1.54, 1.807) is 0 Å². The molecule has 0 radical (unpaired) electrons.